The number of carbonyl (C=O) groups is 2. The van der Waals surface area contributed by atoms with Gasteiger partial charge in [0, 0.05) is 26.9 Å². The third kappa shape index (κ3) is 8.10. The minimum absolute atomic E-state index is 0.141. The Morgan fingerprint density at radius 1 is 0.750 bits per heavy atom. The molecule has 0 spiro atoms. The van der Waals surface area contributed by atoms with Crippen molar-refractivity contribution in [3.8, 4) is 12.4 Å². The van der Waals surface area contributed by atoms with Crippen LogP contribution in [0.1, 0.15) is 51.4 Å². The van der Waals surface area contributed by atoms with Crippen LogP contribution >= 0.6 is 0 Å². The highest BCUT2D eigenvalue weighted by Gasteiger charge is 2.07. The van der Waals surface area contributed by atoms with Gasteiger partial charge >= 0.3 is 0 Å². The van der Waals surface area contributed by atoms with Crippen LogP contribution in [0, 0.1) is 22.9 Å². The molecule has 20 heavy (non-hydrogen) atoms. The van der Waals surface area contributed by atoms with Crippen LogP contribution < -0.4 is 0 Å². The maximum Gasteiger partial charge on any atom is 0.235 e. The third-order valence-electron chi connectivity index (χ3n) is 3.08. The summed E-state index contributed by atoms with van der Waals surface area (Å²) >= 11 is 0. The number of nitriles is 2. The van der Waals surface area contributed by atoms with Gasteiger partial charge in [0.15, 0.2) is 12.4 Å². The Labute approximate surface area is 120 Å². The largest absolute Gasteiger partial charge is 0.274 e. The Morgan fingerprint density at radius 2 is 1.05 bits per heavy atom. The van der Waals surface area contributed by atoms with Crippen molar-refractivity contribution in [2.45, 2.75) is 51.4 Å². The van der Waals surface area contributed by atoms with E-state index in [0.717, 1.165) is 48.3 Å². The second-order valence-electron chi connectivity index (χ2n) is 4.73. The number of unbranched alkanes of at least 4 members (excludes halogenated alkanes) is 5. The van der Waals surface area contributed by atoms with E-state index in [1.807, 2.05) is 0 Å². The Morgan fingerprint density at radius 3 is 1.35 bits per heavy atom. The van der Waals surface area contributed by atoms with Crippen LogP contribution in [-0.2, 0) is 9.59 Å². The molecule has 0 bridgehead atoms. The molecule has 0 atom stereocenters. The summed E-state index contributed by atoms with van der Waals surface area (Å²) < 4.78 is 0. The fraction of sp³-hybridized carbons (Fsp3) is 0.714. The molecular weight excluding hydrogens is 256 g/mol. The summed E-state index contributed by atoms with van der Waals surface area (Å²) in [7, 11) is 2.94. The van der Waals surface area contributed by atoms with E-state index in [1.54, 1.807) is 12.4 Å². The maximum atomic E-state index is 11.3. The molecule has 0 aromatic rings. The highest BCUT2D eigenvalue weighted by Crippen LogP contribution is 2.09. The minimum atomic E-state index is -0.141. The van der Waals surface area contributed by atoms with Gasteiger partial charge in [0.1, 0.15) is 0 Å². The average molecular weight is 278 g/mol. The maximum absolute atomic E-state index is 11.3. The molecule has 6 nitrogen and oxygen atoms in total. The molecule has 0 saturated heterocycles. The van der Waals surface area contributed by atoms with Crippen molar-refractivity contribution < 1.29 is 9.59 Å². The number of hydrogen-bond donors (Lipinski definition) is 0. The SMILES string of the molecule is CN(C#N)C(=O)CCCCCCCCC(=O)N(C)C#N. The molecule has 0 unspecified atom stereocenters. The van der Waals surface area contributed by atoms with E-state index in [1.165, 1.54) is 14.1 Å². The summed E-state index contributed by atoms with van der Waals surface area (Å²) in [6.45, 7) is 0. The first-order chi connectivity index (χ1) is 9.52. The number of rotatable bonds is 9. The van der Waals surface area contributed by atoms with Gasteiger partial charge in [-0.3, -0.25) is 19.4 Å². The molecule has 2 amide bonds. The van der Waals surface area contributed by atoms with Gasteiger partial charge < -0.3 is 0 Å². The van der Waals surface area contributed by atoms with Crippen LogP contribution in [-0.4, -0.2) is 35.7 Å². The van der Waals surface area contributed by atoms with Gasteiger partial charge in [-0.05, 0) is 12.8 Å². The minimum Gasteiger partial charge on any atom is -0.274 e. The molecule has 6 heteroatoms. The van der Waals surface area contributed by atoms with E-state index in [9.17, 15) is 9.59 Å². The van der Waals surface area contributed by atoms with E-state index >= 15 is 0 Å². The second-order valence-corrected chi connectivity index (χ2v) is 4.73. The van der Waals surface area contributed by atoms with E-state index < -0.39 is 0 Å². The highest BCUT2D eigenvalue weighted by atomic mass is 16.2. The topological polar surface area (TPSA) is 88.2 Å². The Hall–Kier alpha value is -2.08. The lowest BCUT2D eigenvalue weighted by molar-refractivity contribution is -0.128. The molecule has 0 N–H and O–H groups in total. The Balaban J connectivity index is 3.43. The predicted molar refractivity (Wildman–Crippen MR) is 73.7 cm³/mol. The van der Waals surface area contributed by atoms with Gasteiger partial charge in [0.25, 0.3) is 0 Å². The van der Waals surface area contributed by atoms with Crippen LogP contribution in [0.3, 0.4) is 0 Å². The van der Waals surface area contributed by atoms with Crippen molar-refractivity contribution in [2.75, 3.05) is 14.1 Å². The molecule has 0 fully saturated rings. The molecule has 0 aromatic heterocycles. The van der Waals surface area contributed by atoms with E-state index in [0.29, 0.717) is 12.8 Å². The van der Waals surface area contributed by atoms with Gasteiger partial charge in [0.2, 0.25) is 11.8 Å². The van der Waals surface area contributed by atoms with Crippen molar-refractivity contribution >= 4 is 11.8 Å². The molecule has 0 aromatic carbocycles. The van der Waals surface area contributed by atoms with Crippen LogP contribution in [0.15, 0.2) is 0 Å². The number of amides is 2. The van der Waals surface area contributed by atoms with E-state index in [2.05, 4.69) is 0 Å². The average Bonchev–Trinajstić information content (AvgIpc) is 2.47. The molecule has 110 valence electrons. The third-order valence-corrected chi connectivity index (χ3v) is 3.08. The van der Waals surface area contributed by atoms with Crippen LogP contribution in [0.4, 0.5) is 0 Å². The molecule has 0 aliphatic carbocycles. The lowest BCUT2D eigenvalue weighted by atomic mass is 10.1. The smallest absolute Gasteiger partial charge is 0.235 e. The Bertz CT molecular complexity index is 357. The zero-order valence-electron chi connectivity index (χ0n) is 12.3. The Kier molecular flexibility index (Phi) is 9.68. The van der Waals surface area contributed by atoms with Crippen LogP contribution in [0.2, 0.25) is 0 Å². The summed E-state index contributed by atoms with van der Waals surface area (Å²) in [4.78, 5) is 24.7. The first kappa shape index (κ1) is 17.9. The molecule has 0 radical (unpaired) electrons. The summed E-state index contributed by atoms with van der Waals surface area (Å²) in [5.41, 5.74) is 0. The fourth-order valence-corrected chi connectivity index (χ4v) is 1.71. The van der Waals surface area contributed by atoms with Gasteiger partial charge in [-0.25, -0.2) is 0 Å². The fourth-order valence-electron chi connectivity index (χ4n) is 1.71. The number of hydrogen-bond acceptors (Lipinski definition) is 4. The summed E-state index contributed by atoms with van der Waals surface area (Å²) in [5, 5.41) is 17.0. The number of nitrogens with zero attached hydrogens (tertiary/aromatic N) is 4. The molecule has 0 rings (SSSR count). The van der Waals surface area contributed by atoms with Crippen LogP contribution in [0.25, 0.3) is 0 Å². The molecule has 0 heterocycles. The molecule has 0 saturated carbocycles. The van der Waals surface area contributed by atoms with Crippen LogP contribution in [0.5, 0.6) is 0 Å². The normalized spacial score (nSPS) is 9.40. The summed E-state index contributed by atoms with van der Waals surface area (Å²) in [6.07, 6.45) is 9.93. The zero-order valence-corrected chi connectivity index (χ0v) is 12.3. The van der Waals surface area contributed by atoms with Gasteiger partial charge in [-0.1, -0.05) is 25.7 Å². The first-order valence-corrected chi connectivity index (χ1v) is 6.85. The van der Waals surface area contributed by atoms with E-state index in [-0.39, 0.29) is 11.8 Å². The summed E-state index contributed by atoms with van der Waals surface area (Å²) in [5.74, 6) is -0.282. The van der Waals surface area contributed by atoms with E-state index in [4.69, 9.17) is 10.5 Å². The zero-order chi connectivity index (χ0) is 15.4. The van der Waals surface area contributed by atoms with Crippen molar-refractivity contribution in [1.29, 1.82) is 10.5 Å². The van der Waals surface area contributed by atoms with Gasteiger partial charge in [-0.2, -0.15) is 10.5 Å². The highest BCUT2D eigenvalue weighted by molar-refractivity contribution is 5.77. The molecular formula is C14H22N4O2. The lowest BCUT2D eigenvalue weighted by Crippen LogP contribution is -2.20. The van der Waals surface area contributed by atoms with Crippen molar-refractivity contribution in [2.24, 2.45) is 0 Å². The quantitative estimate of drug-likeness (QED) is 0.366. The lowest BCUT2D eigenvalue weighted by Gasteiger charge is -2.07. The monoisotopic (exact) mass is 278 g/mol. The van der Waals surface area contributed by atoms with Gasteiger partial charge in [-0.15, -0.1) is 0 Å². The first-order valence-electron chi connectivity index (χ1n) is 6.85. The predicted octanol–water partition coefficient (Wildman–Crippen LogP) is 1.99. The standard InChI is InChI=1S/C14H22N4O2/c1-17(11-15)13(19)9-7-5-3-4-6-8-10-14(20)18(2)12-16/h3-10H2,1-2H3. The molecule has 0 aliphatic rings. The van der Waals surface area contributed by atoms with Gasteiger partial charge in [0.05, 0.1) is 0 Å². The number of carbonyl (C=O) groups excluding carboxylic acids is 2. The van der Waals surface area contributed by atoms with Crippen molar-refractivity contribution in [3.05, 3.63) is 0 Å². The summed E-state index contributed by atoms with van der Waals surface area (Å²) in [6, 6.07) is 0. The second kappa shape index (κ2) is 10.8. The molecule has 0 aliphatic heterocycles. The van der Waals surface area contributed by atoms with Crippen molar-refractivity contribution in [1.82, 2.24) is 9.80 Å². The van der Waals surface area contributed by atoms with Crippen molar-refractivity contribution in [3.63, 3.8) is 0 Å².